The molecule has 144 valence electrons. The van der Waals surface area contributed by atoms with E-state index < -0.39 is 6.10 Å². The Balaban J connectivity index is 0.00000243. The molecule has 2 heterocycles. The van der Waals surface area contributed by atoms with Gasteiger partial charge in [-0.05, 0) is 37.2 Å². The van der Waals surface area contributed by atoms with Crippen LogP contribution >= 0.6 is 12.4 Å². The van der Waals surface area contributed by atoms with Crippen molar-refractivity contribution in [2.75, 3.05) is 26.2 Å². The van der Waals surface area contributed by atoms with Gasteiger partial charge in [-0.25, -0.2) is 0 Å². The Morgan fingerprint density at radius 3 is 2.50 bits per heavy atom. The van der Waals surface area contributed by atoms with Crippen LogP contribution in [-0.4, -0.2) is 60.1 Å². The van der Waals surface area contributed by atoms with Gasteiger partial charge < -0.3 is 20.6 Å². The van der Waals surface area contributed by atoms with Crippen molar-refractivity contribution < 1.29 is 14.7 Å². The number of likely N-dealkylation sites (tertiary alicyclic amines) is 1. The van der Waals surface area contributed by atoms with E-state index in [4.69, 9.17) is 0 Å². The normalized spacial score (nSPS) is 23.3. The molecule has 0 aliphatic carbocycles. The summed E-state index contributed by atoms with van der Waals surface area (Å²) in [5.41, 5.74) is 1.35. The van der Waals surface area contributed by atoms with Gasteiger partial charge >= 0.3 is 0 Å². The van der Waals surface area contributed by atoms with Crippen LogP contribution in [0.1, 0.15) is 24.8 Å². The topological polar surface area (TPSA) is 81.7 Å². The smallest absolute Gasteiger partial charge is 0.241 e. The van der Waals surface area contributed by atoms with Crippen molar-refractivity contribution in [1.29, 1.82) is 0 Å². The van der Waals surface area contributed by atoms with Gasteiger partial charge in [-0.3, -0.25) is 9.59 Å². The Hall–Kier alpha value is -1.63. The monoisotopic (exact) mass is 381 g/mol. The van der Waals surface area contributed by atoms with Crippen LogP contribution in [0.4, 0.5) is 0 Å². The Labute approximate surface area is 160 Å². The van der Waals surface area contributed by atoms with Crippen LogP contribution in [0, 0.1) is 5.92 Å². The summed E-state index contributed by atoms with van der Waals surface area (Å²) in [7, 11) is 0. The molecule has 1 aromatic carbocycles. The molecular formula is C19H28ClN3O3. The van der Waals surface area contributed by atoms with Crippen molar-refractivity contribution in [3.05, 3.63) is 35.9 Å². The highest BCUT2D eigenvalue weighted by Gasteiger charge is 2.29. The highest BCUT2D eigenvalue weighted by Crippen LogP contribution is 2.21. The van der Waals surface area contributed by atoms with Crippen LogP contribution in [0.15, 0.2) is 30.3 Å². The zero-order valence-corrected chi connectivity index (χ0v) is 15.7. The van der Waals surface area contributed by atoms with E-state index in [9.17, 15) is 14.7 Å². The average molecular weight is 382 g/mol. The third kappa shape index (κ3) is 5.69. The fraction of sp³-hybridized carbons (Fsp3) is 0.579. The van der Waals surface area contributed by atoms with Gasteiger partial charge in [0.25, 0.3) is 0 Å². The SMILES string of the molecule is Cl.O=C(NCC(=O)N1CCC(Cc2ccccc2)CC1)C1CC(O)CN1. The number of halogens is 1. The number of aliphatic hydroxyl groups excluding tert-OH is 1. The summed E-state index contributed by atoms with van der Waals surface area (Å²) >= 11 is 0. The molecule has 3 N–H and O–H groups in total. The van der Waals surface area contributed by atoms with Crippen LogP contribution in [0.25, 0.3) is 0 Å². The van der Waals surface area contributed by atoms with Crippen molar-refractivity contribution in [1.82, 2.24) is 15.5 Å². The van der Waals surface area contributed by atoms with Crippen LogP contribution in [0.3, 0.4) is 0 Å². The minimum atomic E-state index is -0.477. The van der Waals surface area contributed by atoms with Crippen LogP contribution in [-0.2, 0) is 16.0 Å². The number of carbonyl (C=O) groups is 2. The number of carbonyl (C=O) groups excluding carboxylic acids is 2. The Morgan fingerprint density at radius 2 is 1.88 bits per heavy atom. The van der Waals surface area contributed by atoms with E-state index in [0.29, 0.717) is 18.9 Å². The molecule has 2 amide bonds. The van der Waals surface area contributed by atoms with Crippen molar-refractivity contribution in [2.45, 2.75) is 37.8 Å². The van der Waals surface area contributed by atoms with Gasteiger partial charge in [0.15, 0.2) is 0 Å². The molecule has 2 aliphatic heterocycles. The van der Waals surface area contributed by atoms with Crippen LogP contribution in [0.5, 0.6) is 0 Å². The van der Waals surface area contributed by atoms with E-state index in [1.165, 1.54) is 5.56 Å². The summed E-state index contributed by atoms with van der Waals surface area (Å²) in [6.45, 7) is 1.98. The van der Waals surface area contributed by atoms with Gasteiger partial charge in [-0.1, -0.05) is 30.3 Å². The van der Waals surface area contributed by atoms with E-state index in [1.807, 2.05) is 11.0 Å². The Kier molecular flexibility index (Phi) is 7.87. The number of amides is 2. The summed E-state index contributed by atoms with van der Waals surface area (Å²) in [6, 6.07) is 10.1. The minimum Gasteiger partial charge on any atom is -0.392 e. The molecule has 6 nitrogen and oxygen atoms in total. The van der Waals surface area contributed by atoms with E-state index in [2.05, 4.69) is 34.9 Å². The lowest BCUT2D eigenvalue weighted by atomic mass is 9.90. The predicted molar refractivity (Wildman–Crippen MR) is 102 cm³/mol. The third-order valence-electron chi connectivity index (χ3n) is 5.17. The highest BCUT2D eigenvalue weighted by atomic mass is 35.5. The molecule has 3 rings (SSSR count). The summed E-state index contributed by atoms with van der Waals surface area (Å²) in [4.78, 5) is 26.1. The van der Waals surface area contributed by atoms with Gasteiger partial charge in [-0.15, -0.1) is 12.4 Å². The molecule has 2 saturated heterocycles. The molecule has 2 unspecified atom stereocenters. The first-order valence-electron chi connectivity index (χ1n) is 9.12. The quantitative estimate of drug-likeness (QED) is 0.702. The number of hydrogen-bond acceptors (Lipinski definition) is 4. The van der Waals surface area contributed by atoms with Crippen molar-refractivity contribution >= 4 is 24.2 Å². The number of aliphatic hydroxyl groups is 1. The first kappa shape index (κ1) is 20.7. The standard InChI is InChI=1S/C19H27N3O3.ClH/c23-16-11-17(20-12-16)19(25)21-13-18(24)22-8-6-15(7-9-22)10-14-4-2-1-3-5-14;/h1-5,15-17,20,23H,6-13H2,(H,21,25);1H. The first-order valence-corrected chi connectivity index (χ1v) is 9.12. The van der Waals surface area contributed by atoms with Gasteiger partial charge in [-0.2, -0.15) is 0 Å². The molecule has 0 spiro atoms. The van der Waals surface area contributed by atoms with Gasteiger partial charge in [0.05, 0.1) is 18.7 Å². The maximum Gasteiger partial charge on any atom is 0.241 e. The molecule has 26 heavy (non-hydrogen) atoms. The molecule has 0 radical (unpaired) electrons. The molecule has 7 heteroatoms. The average Bonchev–Trinajstić information content (AvgIpc) is 3.07. The van der Waals surface area contributed by atoms with Crippen molar-refractivity contribution in [3.8, 4) is 0 Å². The van der Waals surface area contributed by atoms with Crippen molar-refractivity contribution in [3.63, 3.8) is 0 Å². The number of nitrogens with zero attached hydrogens (tertiary/aromatic N) is 1. The molecule has 2 fully saturated rings. The molecular weight excluding hydrogens is 354 g/mol. The zero-order chi connectivity index (χ0) is 17.6. The van der Waals surface area contributed by atoms with E-state index in [1.54, 1.807) is 0 Å². The first-order chi connectivity index (χ1) is 12.1. The molecule has 2 aliphatic rings. The van der Waals surface area contributed by atoms with Crippen LogP contribution in [0.2, 0.25) is 0 Å². The van der Waals surface area contributed by atoms with Crippen LogP contribution < -0.4 is 10.6 Å². The number of benzene rings is 1. The van der Waals surface area contributed by atoms with Gasteiger partial charge in [0, 0.05) is 19.6 Å². The maximum atomic E-state index is 12.3. The largest absolute Gasteiger partial charge is 0.392 e. The molecule has 0 saturated carbocycles. The fourth-order valence-electron chi connectivity index (χ4n) is 3.65. The lowest BCUT2D eigenvalue weighted by Crippen LogP contribution is -2.47. The summed E-state index contributed by atoms with van der Waals surface area (Å²) < 4.78 is 0. The number of hydrogen-bond donors (Lipinski definition) is 3. The Morgan fingerprint density at radius 1 is 1.19 bits per heavy atom. The molecule has 0 aromatic heterocycles. The van der Waals surface area contributed by atoms with Gasteiger partial charge in [0.2, 0.25) is 11.8 Å². The highest BCUT2D eigenvalue weighted by molar-refractivity contribution is 5.87. The summed E-state index contributed by atoms with van der Waals surface area (Å²) in [5, 5.41) is 15.1. The molecule has 1 aromatic rings. The summed E-state index contributed by atoms with van der Waals surface area (Å²) in [5.74, 6) is 0.388. The third-order valence-corrected chi connectivity index (χ3v) is 5.17. The second-order valence-electron chi connectivity index (χ2n) is 7.08. The number of piperidine rings is 1. The Bertz CT molecular complexity index is 591. The number of β-amino-alcohol motifs (C(OH)–C–C–N with tert-alkyl or cyclic N) is 1. The zero-order valence-electron chi connectivity index (χ0n) is 14.9. The lowest BCUT2D eigenvalue weighted by Gasteiger charge is -2.32. The van der Waals surface area contributed by atoms with Crippen molar-refractivity contribution in [2.24, 2.45) is 5.92 Å². The molecule has 2 atom stereocenters. The maximum absolute atomic E-state index is 12.3. The summed E-state index contributed by atoms with van der Waals surface area (Å²) in [6.07, 6.45) is 3.01. The molecule has 0 bridgehead atoms. The van der Waals surface area contributed by atoms with Gasteiger partial charge in [0.1, 0.15) is 0 Å². The number of rotatable bonds is 5. The number of nitrogens with one attached hydrogen (secondary N) is 2. The van der Waals surface area contributed by atoms with E-state index in [-0.39, 0.29) is 36.8 Å². The minimum absolute atomic E-state index is 0. The lowest BCUT2D eigenvalue weighted by molar-refractivity contribution is -0.134. The van der Waals surface area contributed by atoms with E-state index in [0.717, 1.165) is 32.4 Å². The predicted octanol–water partition coefficient (Wildman–Crippen LogP) is 0.728. The second kappa shape index (κ2) is 9.90. The second-order valence-corrected chi connectivity index (χ2v) is 7.08. The fourth-order valence-corrected chi connectivity index (χ4v) is 3.65. The van der Waals surface area contributed by atoms with E-state index >= 15 is 0 Å².